The van der Waals surface area contributed by atoms with Crippen molar-refractivity contribution < 1.29 is 9.53 Å². The third kappa shape index (κ3) is 4.34. The van der Waals surface area contributed by atoms with Gasteiger partial charge in [0, 0.05) is 17.5 Å². The molecular weight excluding hydrogens is 429 g/mol. The highest BCUT2D eigenvalue weighted by atomic mass is 35.5. The molecule has 0 unspecified atom stereocenters. The Hall–Kier alpha value is -2.28. The molecule has 0 spiro atoms. The van der Waals surface area contributed by atoms with Gasteiger partial charge in [0.25, 0.3) is 5.91 Å². The highest BCUT2D eigenvalue weighted by Gasteiger charge is 2.17. The highest BCUT2D eigenvalue weighted by Crippen LogP contribution is 2.33. The fourth-order valence-corrected chi connectivity index (χ4v) is 4.34. The maximum Gasteiger partial charge on any atom is 0.262 e. The summed E-state index contributed by atoms with van der Waals surface area (Å²) in [5.74, 6) is 0.540. The second-order valence-electron chi connectivity index (χ2n) is 6.67. The standard InChI is InChI=1S/C21H19Cl2N3O2S/c1-2-3-8-26-18(13-4-7-19-17(9-13)25-20(27)11-28-19)12-29-21(26)24-14-5-6-15(22)16(23)10-14/h4-7,9-10,12H,2-3,8,11H2,1H3,(H,25,27). The van der Waals surface area contributed by atoms with E-state index in [1.807, 2.05) is 24.3 Å². The number of ether oxygens (including phenoxy) is 1. The molecule has 1 aliphatic heterocycles. The quantitative estimate of drug-likeness (QED) is 0.530. The number of aromatic nitrogens is 1. The molecule has 1 amide bonds. The van der Waals surface area contributed by atoms with Gasteiger partial charge in [-0.25, -0.2) is 4.99 Å². The number of anilines is 1. The highest BCUT2D eigenvalue weighted by molar-refractivity contribution is 7.07. The molecule has 8 heteroatoms. The van der Waals surface area contributed by atoms with Crippen molar-refractivity contribution in [3.05, 3.63) is 56.6 Å². The number of carbonyl (C=O) groups is 1. The van der Waals surface area contributed by atoms with E-state index in [1.54, 1.807) is 23.5 Å². The molecule has 0 fully saturated rings. The molecule has 0 saturated carbocycles. The van der Waals surface area contributed by atoms with Gasteiger partial charge in [-0.15, -0.1) is 11.3 Å². The predicted octanol–water partition coefficient (Wildman–Crippen LogP) is 5.89. The van der Waals surface area contributed by atoms with Crippen molar-refractivity contribution in [2.45, 2.75) is 26.3 Å². The van der Waals surface area contributed by atoms with E-state index in [4.69, 9.17) is 32.9 Å². The van der Waals surface area contributed by atoms with Gasteiger partial charge in [0.2, 0.25) is 0 Å². The van der Waals surface area contributed by atoms with Crippen LogP contribution in [-0.2, 0) is 11.3 Å². The van der Waals surface area contributed by atoms with Crippen LogP contribution in [0.4, 0.5) is 11.4 Å². The number of hydrogen-bond donors (Lipinski definition) is 1. The number of nitrogens with zero attached hydrogens (tertiary/aromatic N) is 2. The number of fused-ring (bicyclic) bond motifs is 1. The fraction of sp³-hybridized carbons (Fsp3) is 0.238. The predicted molar refractivity (Wildman–Crippen MR) is 118 cm³/mol. The van der Waals surface area contributed by atoms with Gasteiger partial charge < -0.3 is 14.6 Å². The minimum Gasteiger partial charge on any atom is -0.482 e. The van der Waals surface area contributed by atoms with Crippen LogP contribution in [0.1, 0.15) is 19.8 Å². The van der Waals surface area contributed by atoms with E-state index >= 15 is 0 Å². The zero-order valence-electron chi connectivity index (χ0n) is 15.7. The Morgan fingerprint density at radius 3 is 2.86 bits per heavy atom. The van der Waals surface area contributed by atoms with Crippen molar-refractivity contribution in [2.75, 3.05) is 11.9 Å². The fourth-order valence-electron chi connectivity index (χ4n) is 3.09. The van der Waals surface area contributed by atoms with Crippen LogP contribution in [0.5, 0.6) is 5.75 Å². The topological polar surface area (TPSA) is 55.6 Å². The van der Waals surface area contributed by atoms with E-state index in [0.717, 1.165) is 41.1 Å². The molecule has 0 atom stereocenters. The van der Waals surface area contributed by atoms with E-state index in [2.05, 4.69) is 22.2 Å². The van der Waals surface area contributed by atoms with Gasteiger partial charge in [-0.05, 0) is 42.8 Å². The van der Waals surface area contributed by atoms with E-state index in [0.29, 0.717) is 21.5 Å². The first-order valence-corrected chi connectivity index (χ1v) is 10.9. The normalized spacial score (nSPS) is 13.8. The molecule has 1 aliphatic rings. The number of halogens is 2. The van der Waals surface area contributed by atoms with E-state index < -0.39 is 0 Å². The van der Waals surface area contributed by atoms with Crippen LogP contribution in [0.2, 0.25) is 10.0 Å². The molecule has 0 aliphatic carbocycles. The van der Waals surface area contributed by atoms with Crippen LogP contribution in [0.3, 0.4) is 0 Å². The van der Waals surface area contributed by atoms with Gasteiger partial charge in [-0.1, -0.05) is 36.5 Å². The summed E-state index contributed by atoms with van der Waals surface area (Å²) in [5, 5.41) is 5.94. The Morgan fingerprint density at radius 2 is 2.07 bits per heavy atom. The zero-order valence-corrected chi connectivity index (χ0v) is 18.1. The molecule has 1 N–H and O–H groups in total. The Morgan fingerprint density at radius 1 is 1.21 bits per heavy atom. The van der Waals surface area contributed by atoms with Crippen LogP contribution >= 0.6 is 34.5 Å². The lowest BCUT2D eigenvalue weighted by Gasteiger charge is -2.19. The number of unbranched alkanes of at least 4 members (excludes halogenated alkanes) is 1. The van der Waals surface area contributed by atoms with E-state index in [9.17, 15) is 4.79 Å². The largest absolute Gasteiger partial charge is 0.482 e. The third-order valence-corrected chi connectivity index (χ3v) is 6.17. The van der Waals surface area contributed by atoms with Gasteiger partial charge in [0.15, 0.2) is 11.4 Å². The second kappa shape index (κ2) is 8.61. The summed E-state index contributed by atoms with van der Waals surface area (Å²) in [6.07, 6.45) is 2.10. The van der Waals surface area contributed by atoms with Crippen molar-refractivity contribution in [1.82, 2.24) is 4.57 Å². The summed E-state index contributed by atoms with van der Waals surface area (Å²) in [7, 11) is 0. The van der Waals surface area contributed by atoms with Gasteiger partial charge in [0.05, 0.1) is 27.1 Å². The lowest BCUT2D eigenvalue weighted by Crippen LogP contribution is -2.25. The number of rotatable bonds is 5. The number of benzene rings is 2. The number of amides is 1. The van der Waals surface area contributed by atoms with Crippen molar-refractivity contribution in [3.63, 3.8) is 0 Å². The minimum absolute atomic E-state index is 0.0496. The van der Waals surface area contributed by atoms with Gasteiger partial charge in [0.1, 0.15) is 5.75 Å². The van der Waals surface area contributed by atoms with Crippen molar-refractivity contribution in [3.8, 4) is 17.0 Å². The van der Waals surface area contributed by atoms with Crippen molar-refractivity contribution >= 4 is 51.8 Å². The monoisotopic (exact) mass is 447 g/mol. The average molecular weight is 448 g/mol. The van der Waals surface area contributed by atoms with Crippen molar-refractivity contribution in [2.24, 2.45) is 4.99 Å². The van der Waals surface area contributed by atoms with Crippen molar-refractivity contribution in [1.29, 1.82) is 0 Å². The Kier molecular flexibility index (Phi) is 5.94. The van der Waals surface area contributed by atoms with Gasteiger partial charge in [-0.3, -0.25) is 4.79 Å². The second-order valence-corrected chi connectivity index (χ2v) is 8.32. The summed E-state index contributed by atoms with van der Waals surface area (Å²) in [5.41, 5.74) is 3.49. The lowest BCUT2D eigenvalue weighted by molar-refractivity contribution is -0.118. The molecule has 1 aromatic heterocycles. The minimum atomic E-state index is -0.144. The molecule has 29 heavy (non-hydrogen) atoms. The zero-order chi connectivity index (χ0) is 20.4. The van der Waals surface area contributed by atoms with Crippen LogP contribution in [0.25, 0.3) is 11.3 Å². The molecule has 2 aromatic carbocycles. The lowest BCUT2D eigenvalue weighted by atomic mass is 10.1. The van der Waals surface area contributed by atoms with E-state index in [-0.39, 0.29) is 12.5 Å². The first-order valence-electron chi connectivity index (χ1n) is 9.30. The molecule has 0 radical (unpaired) electrons. The summed E-state index contributed by atoms with van der Waals surface area (Å²) >= 11 is 13.7. The van der Waals surface area contributed by atoms with Crippen LogP contribution in [0.15, 0.2) is 46.8 Å². The maximum absolute atomic E-state index is 11.7. The first-order chi connectivity index (χ1) is 14.0. The number of nitrogens with one attached hydrogen (secondary N) is 1. The van der Waals surface area contributed by atoms with Crippen LogP contribution in [0, 0.1) is 0 Å². The first kappa shape index (κ1) is 20.0. The Bertz CT molecular complexity index is 1140. The molecule has 2 heterocycles. The van der Waals surface area contributed by atoms with E-state index in [1.165, 1.54) is 0 Å². The van der Waals surface area contributed by atoms with Gasteiger partial charge in [-0.2, -0.15) is 0 Å². The maximum atomic E-state index is 11.7. The number of thiazole rings is 1. The smallest absolute Gasteiger partial charge is 0.262 e. The number of carbonyl (C=O) groups excluding carboxylic acids is 1. The Balaban J connectivity index is 1.78. The third-order valence-electron chi connectivity index (χ3n) is 4.57. The molecule has 0 bridgehead atoms. The summed E-state index contributed by atoms with van der Waals surface area (Å²) in [6.45, 7) is 3.05. The SMILES string of the molecule is CCCCn1c(-c2ccc3c(c2)NC(=O)CO3)csc1=Nc1ccc(Cl)c(Cl)c1. The summed E-state index contributed by atoms with van der Waals surface area (Å²) < 4.78 is 7.67. The summed E-state index contributed by atoms with van der Waals surface area (Å²) in [6, 6.07) is 11.2. The van der Waals surface area contributed by atoms with Crippen LogP contribution in [-0.4, -0.2) is 17.1 Å². The van der Waals surface area contributed by atoms with Crippen LogP contribution < -0.4 is 14.9 Å². The summed E-state index contributed by atoms with van der Waals surface area (Å²) in [4.78, 5) is 17.3. The average Bonchev–Trinajstić information content (AvgIpc) is 3.11. The Labute approximate surface area is 182 Å². The van der Waals surface area contributed by atoms with Gasteiger partial charge >= 0.3 is 0 Å². The molecule has 0 saturated heterocycles. The number of hydrogen-bond acceptors (Lipinski definition) is 4. The molecule has 150 valence electrons. The molecule has 3 aromatic rings. The molecular formula is C21H19Cl2N3O2S. The molecule has 5 nitrogen and oxygen atoms in total. The molecule has 4 rings (SSSR count).